The van der Waals surface area contributed by atoms with Gasteiger partial charge in [-0.1, -0.05) is 6.07 Å². The predicted octanol–water partition coefficient (Wildman–Crippen LogP) is -0.539. The summed E-state index contributed by atoms with van der Waals surface area (Å²) >= 11 is 0. The number of primary amides is 1. The van der Waals surface area contributed by atoms with Crippen LogP contribution in [0.3, 0.4) is 0 Å². The molecule has 1 saturated heterocycles. The summed E-state index contributed by atoms with van der Waals surface area (Å²) in [7, 11) is -3.74. The van der Waals surface area contributed by atoms with E-state index in [9.17, 15) is 18.0 Å². The molecular formula is C14H20N4O4S. The van der Waals surface area contributed by atoms with Crippen LogP contribution in [0.15, 0.2) is 23.1 Å². The number of benzene rings is 1. The Labute approximate surface area is 135 Å². The van der Waals surface area contributed by atoms with Gasteiger partial charge in [-0.15, -0.1) is 0 Å². The second-order valence-corrected chi connectivity index (χ2v) is 7.35. The van der Waals surface area contributed by atoms with Gasteiger partial charge in [0.25, 0.3) is 0 Å². The zero-order valence-electron chi connectivity index (χ0n) is 13.0. The molecule has 1 aliphatic heterocycles. The van der Waals surface area contributed by atoms with E-state index in [0.29, 0.717) is 13.1 Å². The van der Waals surface area contributed by atoms with Gasteiger partial charge in [-0.3, -0.25) is 4.79 Å². The maximum Gasteiger partial charge on any atom is 0.314 e. The standard InChI is InChI=1S/C14H20N4O4S/c1-9-3-4-12(5-10(9)2)23(21,22)16-6-13(19)17-11-7-18(8-11)14(15)20/h3-5,11,16H,6-8H2,1-2H3,(H2,15,20)(H,17,19). The molecule has 126 valence electrons. The number of nitrogens with two attached hydrogens (primary N) is 1. The van der Waals surface area contributed by atoms with Crippen molar-refractivity contribution >= 4 is 22.0 Å². The van der Waals surface area contributed by atoms with Crippen LogP contribution in [0.1, 0.15) is 11.1 Å². The summed E-state index contributed by atoms with van der Waals surface area (Å²) in [6, 6.07) is 4.05. The highest BCUT2D eigenvalue weighted by Crippen LogP contribution is 2.14. The lowest BCUT2D eigenvalue weighted by molar-refractivity contribution is -0.121. The molecule has 0 atom stereocenters. The van der Waals surface area contributed by atoms with Gasteiger partial charge in [0.15, 0.2) is 0 Å². The van der Waals surface area contributed by atoms with E-state index < -0.39 is 22.0 Å². The first-order chi connectivity index (χ1) is 10.7. The average Bonchev–Trinajstić information content (AvgIpc) is 2.42. The van der Waals surface area contributed by atoms with Crippen molar-refractivity contribution < 1.29 is 18.0 Å². The third kappa shape index (κ3) is 4.20. The number of rotatable bonds is 5. The van der Waals surface area contributed by atoms with Gasteiger partial charge in [-0.05, 0) is 37.1 Å². The van der Waals surface area contributed by atoms with Gasteiger partial charge in [0.2, 0.25) is 15.9 Å². The molecule has 1 heterocycles. The van der Waals surface area contributed by atoms with Crippen molar-refractivity contribution in [2.45, 2.75) is 24.8 Å². The Morgan fingerprint density at radius 3 is 2.48 bits per heavy atom. The number of carbonyl (C=O) groups excluding carboxylic acids is 2. The fraction of sp³-hybridized carbons (Fsp3) is 0.429. The molecule has 1 aromatic carbocycles. The van der Waals surface area contributed by atoms with Gasteiger partial charge >= 0.3 is 6.03 Å². The molecule has 3 amide bonds. The normalized spacial score (nSPS) is 15.1. The summed E-state index contributed by atoms with van der Waals surface area (Å²) in [5, 5.41) is 2.63. The number of urea groups is 1. The molecule has 1 aliphatic rings. The fourth-order valence-corrected chi connectivity index (χ4v) is 3.22. The minimum atomic E-state index is -3.74. The minimum Gasteiger partial charge on any atom is -0.351 e. The molecule has 1 aromatic rings. The molecule has 1 fully saturated rings. The van der Waals surface area contributed by atoms with Crippen molar-refractivity contribution in [2.75, 3.05) is 19.6 Å². The summed E-state index contributed by atoms with van der Waals surface area (Å²) in [6.45, 7) is 4.03. The van der Waals surface area contributed by atoms with E-state index in [0.717, 1.165) is 11.1 Å². The molecule has 2 rings (SSSR count). The largest absolute Gasteiger partial charge is 0.351 e. The highest BCUT2D eigenvalue weighted by Gasteiger charge is 2.30. The summed E-state index contributed by atoms with van der Waals surface area (Å²) in [5.74, 6) is -0.452. The molecular weight excluding hydrogens is 320 g/mol. The fourth-order valence-electron chi connectivity index (χ4n) is 2.15. The van der Waals surface area contributed by atoms with Gasteiger partial charge in [0.1, 0.15) is 0 Å². The lowest BCUT2D eigenvalue weighted by atomic mass is 10.1. The second kappa shape index (κ2) is 6.55. The van der Waals surface area contributed by atoms with Crippen molar-refractivity contribution in [2.24, 2.45) is 5.73 Å². The summed E-state index contributed by atoms with van der Waals surface area (Å²) in [5.41, 5.74) is 6.93. The van der Waals surface area contributed by atoms with Crippen LogP contribution in [0.25, 0.3) is 0 Å². The monoisotopic (exact) mass is 340 g/mol. The smallest absolute Gasteiger partial charge is 0.314 e. The molecule has 23 heavy (non-hydrogen) atoms. The van der Waals surface area contributed by atoms with E-state index in [2.05, 4.69) is 10.0 Å². The highest BCUT2D eigenvalue weighted by atomic mass is 32.2. The third-order valence-corrected chi connectivity index (χ3v) is 5.17. The minimum absolute atomic E-state index is 0.122. The highest BCUT2D eigenvalue weighted by molar-refractivity contribution is 7.89. The Morgan fingerprint density at radius 1 is 1.26 bits per heavy atom. The summed E-state index contributed by atoms with van der Waals surface area (Å²) in [4.78, 5) is 24.1. The van der Waals surface area contributed by atoms with Crippen LogP contribution in [0, 0.1) is 13.8 Å². The van der Waals surface area contributed by atoms with Crippen molar-refractivity contribution in [3.05, 3.63) is 29.3 Å². The maximum atomic E-state index is 12.2. The van der Waals surface area contributed by atoms with Crippen LogP contribution in [0.4, 0.5) is 4.79 Å². The molecule has 0 saturated carbocycles. The van der Waals surface area contributed by atoms with Gasteiger partial charge < -0.3 is 16.0 Å². The molecule has 9 heteroatoms. The second-order valence-electron chi connectivity index (χ2n) is 5.58. The maximum absolute atomic E-state index is 12.2. The molecule has 8 nitrogen and oxygen atoms in total. The molecule has 0 aromatic heterocycles. The van der Waals surface area contributed by atoms with Crippen LogP contribution >= 0.6 is 0 Å². The molecule has 0 unspecified atom stereocenters. The lowest BCUT2D eigenvalue weighted by Crippen LogP contribution is -2.62. The molecule has 0 bridgehead atoms. The third-order valence-electron chi connectivity index (χ3n) is 3.77. The Kier molecular flexibility index (Phi) is 4.90. The predicted molar refractivity (Wildman–Crippen MR) is 84.2 cm³/mol. The number of nitrogens with zero attached hydrogens (tertiary/aromatic N) is 1. The van der Waals surface area contributed by atoms with Crippen LogP contribution in [0.5, 0.6) is 0 Å². The molecule has 0 aliphatic carbocycles. The first kappa shape index (κ1) is 17.2. The van der Waals surface area contributed by atoms with Crippen molar-refractivity contribution in [3.63, 3.8) is 0 Å². The number of aryl methyl sites for hydroxylation is 2. The number of carbonyl (C=O) groups is 2. The average molecular weight is 340 g/mol. The quantitative estimate of drug-likeness (QED) is 0.666. The van der Waals surface area contributed by atoms with Gasteiger partial charge in [0, 0.05) is 13.1 Å². The Bertz CT molecular complexity index is 726. The summed E-state index contributed by atoms with van der Waals surface area (Å²) < 4.78 is 26.6. The van der Waals surface area contributed by atoms with Crippen molar-refractivity contribution in [3.8, 4) is 0 Å². The van der Waals surface area contributed by atoms with Crippen molar-refractivity contribution in [1.82, 2.24) is 14.9 Å². The van der Waals surface area contributed by atoms with E-state index in [1.807, 2.05) is 13.8 Å². The molecule has 0 spiro atoms. The molecule has 4 N–H and O–H groups in total. The number of sulfonamides is 1. The first-order valence-electron chi connectivity index (χ1n) is 7.09. The number of hydrogen-bond donors (Lipinski definition) is 3. The molecule has 0 radical (unpaired) electrons. The number of likely N-dealkylation sites (tertiary alicyclic amines) is 1. The number of hydrogen-bond acceptors (Lipinski definition) is 4. The Balaban J connectivity index is 1.86. The topological polar surface area (TPSA) is 122 Å². The number of amides is 3. The van der Waals surface area contributed by atoms with E-state index in [-0.39, 0.29) is 17.5 Å². The van der Waals surface area contributed by atoms with Gasteiger partial charge in [-0.25, -0.2) is 17.9 Å². The van der Waals surface area contributed by atoms with E-state index in [1.165, 1.54) is 11.0 Å². The first-order valence-corrected chi connectivity index (χ1v) is 8.58. The van der Waals surface area contributed by atoms with Crippen LogP contribution in [-0.2, 0) is 14.8 Å². The lowest BCUT2D eigenvalue weighted by Gasteiger charge is -2.38. The van der Waals surface area contributed by atoms with Crippen LogP contribution in [0.2, 0.25) is 0 Å². The number of nitrogens with one attached hydrogen (secondary N) is 2. The zero-order chi connectivity index (χ0) is 17.2. The Morgan fingerprint density at radius 2 is 1.91 bits per heavy atom. The van der Waals surface area contributed by atoms with Crippen LogP contribution < -0.4 is 15.8 Å². The van der Waals surface area contributed by atoms with E-state index in [1.54, 1.807) is 12.1 Å². The van der Waals surface area contributed by atoms with Gasteiger partial charge in [-0.2, -0.15) is 0 Å². The van der Waals surface area contributed by atoms with E-state index in [4.69, 9.17) is 5.73 Å². The van der Waals surface area contributed by atoms with Gasteiger partial charge in [0.05, 0.1) is 17.5 Å². The van der Waals surface area contributed by atoms with Crippen LogP contribution in [-0.4, -0.2) is 50.9 Å². The summed E-state index contributed by atoms with van der Waals surface area (Å²) in [6.07, 6.45) is 0. The SMILES string of the molecule is Cc1ccc(S(=O)(=O)NCC(=O)NC2CN(C(N)=O)C2)cc1C. The zero-order valence-corrected chi connectivity index (χ0v) is 13.8. The Hall–Kier alpha value is -2.13. The van der Waals surface area contributed by atoms with E-state index >= 15 is 0 Å². The van der Waals surface area contributed by atoms with Crippen molar-refractivity contribution in [1.29, 1.82) is 0 Å².